The summed E-state index contributed by atoms with van der Waals surface area (Å²) in [5.74, 6) is -0.990. The SMILES string of the molecule is Cc1ccc(S(=O)(=O)OCCOCCOCCO/N=C(/c2ccc(C(=O)O)cc2)c2cc3c(cc2C)C(C)(C)CCC3(C)C)cc1. The molecule has 3 aromatic carbocycles. The van der Waals surface area contributed by atoms with Crippen LogP contribution in [0.1, 0.15) is 84.3 Å². The van der Waals surface area contributed by atoms with E-state index in [9.17, 15) is 18.3 Å². The van der Waals surface area contributed by atoms with Crippen molar-refractivity contribution in [2.45, 2.75) is 70.1 Å². The van der Waals surface area contributed by atoms with Crippen molar-refractivity contribution in [2.75, 3.05) is 39.6 Å². The molecule has 46 heavy (non-hydrogen) atoms. The standard InChI is InChI=1S/C36H45NO8S/c1-25-7-13-29(14-8-25)46(40,41)45-22-20-43-18-17-42-19-21-44-37-33(27-9-11-28(12-10-27)34(38)39)30-24-32-31(23-26(30)2)35(3,4)15-16-36(32,5)6/h7-14,23-24H,15-22H2,1-6H3,(H,38,39)/b37-33-. The van der Waals surface area contributed by atoms with Gasteiger partial charge in [-0.05, 0) is 84.5 Å². The van der Waals surface area contributed by atoms with Crippen LogP contribution in [0.4, 0.5) is 0 Å². The van der Waals surface area contributed by atoms with Crippen LogP contribution < -0.4 is 0 Å². The second-order valence-electron chi connectivity index (χ2n) is 12.9. The van der Waals surface area contributed by atoms with E-state index in [1.54, 1.807) is 36.4 Å². The zero-order chi connectivity index (χ0) is 33.5. The zero-order valence-electron chi connectivity index (χ0n) is 27.6. The molecule has 9 nitrogen and oxygen atoms in total. The van der Waals surface area contributed by atoms with Gasteiger partial charge in [-0.3, -0.25) is 4.18 Å². The number of carboxylic acids is 1. The molecule has 0 atom stereocenters. The fraction of sp³-hybridized carbons (Fsp3) is 0.444. The average molecular weight is 652 g/mol. The van der Waals surface area contributed by atoms with E-state index in [4.69, 9.17) is 18.5 Å². The quantitative estimate of drug-likeness (QED) is 0.0849. The first kappa shape index (κ1) is 35.3. The summed E-state index contributed by atoms with van der Waals surface area (Å²) in [6.45, 7) is 14.1. The minimum atomic E-state index is -3.82. The number of hydrogen-bond acceptors (Lipinski definition) is 8. The summed E-state index contributed by atoms with van der Waals surface area (Å²) in [4.78, 5) is 17.3. The maximum absolute atomic E-state index is 12.2. The lowest BCUT2D eigenvalue weighted by Gasteiger charge is -2.42. The molecule has 4 rings (SSSR count). The maximum atomic E-state index is 12.2. The Bertz CT molecular complexity index is 1640. The second kappa shape index (κ2) is 14.9. The summed E-state index contributed by atoms with van der Waals surface area (Å²) in [7, 11) is -3.82. The number of nitrogens with zero attached hydrogens (tertiary/aromatic N) is 1. The Balaban J connectivity index is 1.34. The minimum absolute atomic E-state index is 0.00379. The lowest BCUT2D eigenvalue weighted by Crippen LogP contribution is -2.34. The molecular formula is C36H45NO8S. The van der Waals surface area contributed by atoms with Crippen LogP contribution in [0.15, 0.2) is 70.7 Å². The third-order valence-electron chi connectivity index (χ3n) is 8.48. The number of hydrogen-bond donors (Lipinski definition) is 1. The van der Waals surface area contributed by atoms with E-state index in [2.05, 4.69) is 51.9 Å². The van der Waals surface area contributed by atoms with Crippen molar-refractivity contribution < 1.29 is 36.8 Å². The molecule has 0 unspecified atom stereocenters. The van der Waals surface area contributed by atoms with Crippen molar-refractivity contribution in [3.63, 3.8) is 0 Å². The van der Waals surface area contributed by atoms with Gasteiger partial charge in [0.2, 0.25) is 0 Å². The fourth-order valence-electron chi connectivity index (χ4n) is 5.51. The number of fused-ring (bicyclic) bond motifs is 1. The topological polar surface area (TPSA) is 121 Å². The van der Waals surface area contributed by atoms with Gasteiger partial charge >= 0.3 is 5.97 Å². The van der Waals surface area contributed by atoms with Gasteiger partial charge in [-0.1, -0.05) is 68.7 Å². The van der Waals surface area contributed by atoms with E-state index < -0.39 is 16.1 Å². The predicted molar refractivity (Wildman–Crippen MR) is 177 cm³/mol. The predicted octanol–water partition coefficient (Wildman–Crippen LogP) is 6.56. The van der Waals surface area contributed by atoms with Crippen LogP contribution in [0.25, 0.3) is 0 Å². The van der Waals surface area contributed by atoms with E-state index in [0.717, 1.165) is 35.1 Å². The molecule has 0 amide bonds. The van der Waals surface area contributed by atoms with Crippen LogP contribution in [0.3, 0.4) is 0 Å². The summed E-state index contributed by atoms with van der Waals surface area (Å²) >= 11 is 0. The number of carboxylic acid groups (broad SMARTS) is 1. The monoisotopic (exact) mass is 651 g/mol. The van der Waals surface area contributed by atoms with E-state index in [0.29, 0.717) is 5.71 Å². The van der Waals surface area contributed by atoms with Crippen molar-refractivity contribution in [3.05, 3.63) is 99.6 Å². The van der Waals surface area contributed by atoms with E-state index in [-0.39, 0.29) is 60.9 Å². The minimum Gasteiger partial charge on any atom is -0.478 e. The largest absolute Gasteiger partial charge is 0.478 e. The van der Waals surface area contributed by atoms with E-state index in [1.165, 1.54) is 23.3 Å². The third-order valence-corrected chi connectivity index (χ3v) is 9.81. The van der Waals surface area contributed by atoms with Crippen molar-refractivity contribution >= 4 is 21.8 Å². The highest BCUT2D eigenvalue weighted by Crippen LogP contribution is 2.46. The number of ether oxygens (including phenoxy) is 2. The number of aromatic carboxylic acids is 1. The van der Waals surface area contributed by atoms with Gasteiger partial charge in [0.25, 0.3) is 10.1 Å². The molecule has 1 N–H and O–H groups in total. The fourth-order valence-corrected chi connectivity index (χ4v) is 6.40. The van der Waals surface area contributed by atoms with Crippen LogP contribution >= 0.6 is 0 Å². The van der Waals surface area contributed by atoms with Gasteiger partial charge in [0.05, 0.1) is 43.5 Å². The van der Waals surface area contributed by atoms with Crippen molar-refractivity contribution in [1.82, 2.24) is 0 Å². The highest BCUT2D eigenvalue weighted by atomic mass is 32.2. The van der Waals surface area contributed by atoms with Gasteiger partial charge in [0.15, 0.2) is 0 Å². The maximum Gasteiger partial charge on any atom is 0.335 e. The lowest BCUT2D eigenvalue weighted by molar-refractivity contribution is 0.0108. The second-order valence-corrected chi connectivity index (χ2v) is 14.6. The normalized spacial score (nSPS) is 15.7. The molecule has 3 aromatic rings. The highest BCUT2D eigenvalue weighted by Gasteiger charge is 2.37. The summed E-state index contributed by atoms with van der Waals surface area (Å²) in [6, 6.07) is 17.6. The molecule has 0 saturated carbocycles. The first-order valence-corrected chi connectivity index (χ1v) is 16.9. The molecular weight excluding hydrogens is 606 g/mol. The molecule has 0 aromatic heterocycles. The van der Waals surface area contributed by atoms with Crippen molar-refractivity contribution in [3.8, 4) is 0 Å². The molecule has 1 aliphatic carbocycles. The zero-order valence-corrected chi connectivity index (χ0v) is 28.4. The third kappa shape index (κ3) is 8.82. The van der Waals surface area contributed by atoms with Crippen LogP contribution in [0, 0.1) is 13.8 Å². The molecule has 0 bridgehead atoms. The van der Waals surface area contributed by atoms with Gasteiger partial charge in [-0.2, -0.15) is 8.42 Å². The number of carbonyl (C=O) groups is 1. The van der Waals surface area contributed by atoms with Crippen molar-refractivity contribution in [1.29, 1.82) is 0 Å². The molecule has 0 spiro atoms. The van der Waals surface area contributed by atoms with E-state index >= 15 is 0 Å². The van der Waals surface area contributed by atoms with Gasteiger partial charge in [-0.15, -0.1) is 0 Å². The molecule has 0 fully saturated rings. The molecule has 0 radical (unpaired) electrons. The van der Waals surface area contributed by atoms with Gasteiger partial charge in [0.1, 0.15) is 12.3 Å². The molecule has 0 heterocycles. The smallest absolute Gasteiger partial charge is 0.335 e. The summed E-state index contributed by atoms with van der Waals surface area (Å²) in [6.07, 6.45) is 2.19. The number of benzene rings is 3. The van der Waals surface area contributed by atoms with Crippen LogP contribution in [-0.2, 0) is 39.4 Å². The molecule has 1 aliphatic rings. The molecule has 10 heteroatoms. The summed E-state index contributed by atoms with van der Waals surface area (Å²) < 4.78 is 40.5. The number of aryl methyl sites for hydroxylation is 2. The van der Waals surface area contributed by atoms with Crippen LogP contribution in [0.5, 0.6) is 0 Å². The Morgan fingerprint density at radius 2 is 1.28 bits per heavy atom. The van der Waals surface area contributed by atoms with Gasteiger partial charge < -0.3 is 19.4 Å². The van der Waals surface area contributed by atoms with E-state index in [1.807, 2.05) is 6.92 Å². The number of oxime groups is 1. The van der Waals surface area contributed by atoms with Gasteiger partial charge in [-0.25, -0.2) is 4.79 Å². The first-order valence-electron chi connectivity index (χ1n) is 15.5. The highest BCUT2D eigenvalue weighted by molar-refractivity contribution is 7.86. The van der Waals surface area contributed by atoms with Crippen LogP contribution in [-0.4, -0.2) is 64.8 Å². The summed E-state index contributed by atoms with van der Waals surface area (Å²) in [5.41, 5.74) is 7.26. The molecule has 0 aliphatic heterocycles. The Hall–Kier alpha value is -3.57. The Labute approximate surface area is 272 Å². The average Bonchev–Trinajstić information content (AvgIpc) is 3.00. The summed E-state index contributed by atoms with van der Waals surface area (Å²) in [5, 5.41) is 13.9. The number of rotatable bonds is 15. The lowest BCUT2D eigenvalue weighted by atomic mass is 9.62. The van der Waals surface area contributed by atoms with Gasteiger partial charge in [0, 0.05) is 11.1 Å². The Morgan fingerprint density at radius 3 is 1.87 bits per heavy atom. The molecule has 0 saturated heterocycles. The first-order chi connectivity index (χ1) is 21.7. The molecule has 248 valence electrons. The van der Waals surface area contributed by atoms with Crippen LogP contribution in [0.2, 0.25) is 0 Å². The van der Waals surface area contributed by atoms with Crippen molar-refractivity contribution in [2.24, 2.45) is 5.16 Å². The Morgan fingerprint density at radius 1 is 0.761 bits per heavy atom. The Kier molecular flexibility index (Phi) is 11.4.